The number of ether oxygens (including phenoxy) is 2. The van der Waals surface area contributed by atoms with E-state index in [1.807, 2.05) is 24.3 Å². The van der Waals surface area contributed by atoms with Crippen LogP contribution in [-0.2, 0) is 24.4 Å². The molecule has 24 heavy (non-hydrogen) atoms. The molecule has 0 aromatic heterocycles. The van der Waals surface area contributed by atoms with Gasteiger partial charge in [-0.25, -0.2) is 0 Å². The minimum absolute atomic E-state index is 0.638. The summed E-state index contributed by atoms with van der Waals surface area (Å²) in [4.78, 5) is 4.25. The van der Waals surface area contributed by atoms with Gasteiger partial charge in [0.15, 0.2) is 5.96 Å². The summed E-state index contributed by atoms with van der Waals surface area (Å²) >= 11 is 0. The molecule has 5 nitrogen and oxygen atoms in total. The monoisotopic (exact) mass is 327 g/mol. The Labute approximate surface area is 143 Å². The number of benzene rings is 2. The maximum atomic E-state index is 5.16. The van der Waals surface area contributed by atoms with Gasteiger partial charge in [0.05, 0.1) is 13.7 Å². The fraction of sp³-hybridized carbons (Fsp3) is 0.316. The molecule has 128 valence electrons. The molecular weight excluding hydrogens is 302 g/mol. The van der Waals surface area contributed by atoms with Crippen LogP contribution < -0.4 is 15.4 Å². The second-order valence-electron chi connectivity index (χ2n) is 5.38. The zero-order chi connectivity index (χ0) is 17.2. The van der Waals surface area contributed by atoms with Crippen molar-refractivity contribution in [3.8, 4) is 5.75 Å². The van der Waals surface area contributed by atoms with Crippen LogP contribution in [0.5, 0.6) is 5.75 Å². The van der Waals surface area contributed by atoms with E-state index in [2.05, 4.69) is 39.9 Å². The van der Waals surface area contributed by atoms with E-state index in [1.165, 1.54) is 16.7 Å². The van der Waals surface area contributed by atoms with Gasteiger partial charge in [-0.3, -0.25) is 4.99 Å². The van der Waals surface area contributed by atoms with Crippen LogP contribution in [0.15, 0.2) is 53.5 Å². The summed E-state index contributed by atoms with van der Waals surface area (Å²) < 4.78 is 10.3. The van der Waals surface area contributed by atoms with Crippen molar-refractivity contribution in [2.75, 3.05) is 21.3 Å². The van der Waals surface area contributed by atoms with Crippen molar-refractivity contribution in [1.29, 1.82) is 0 Å². The minimum atomic E-state index is 0.638. The zero-order valence-corrected chi connectivity index (χ0v) is 14.5. The molecule has 0 fully saturated rings. The molecule has 0 bridgehead atoms. The minimum Gasteiger partial charge on any atom is -0.497 e. The van der Waals surface area contributed by atoms with Crippen molar-refractivity contribution in [2.45, 2.75) is 19.7 Å². The summed E-state index contributed by atoms with van der Waals surface area (Å²) in [5.74, 6) is 1.63. The Morgan fingerprint density at radius 2 is 1.33 bits per heavy atom. The highest BCUT2D eigenvalue weighted by atomic mass is 16.5. The predicted molar refractivity (Wildman–Crippen MR) is 97.2 cm³/mol. The second kappa shape index (κ2) is 9.57. The lowest BCUT2D eigenvalue weighted by Gasteiger charge is -2.12. The lowest BCUT2D eigenvalue weighted by atomic mass is 10.1. The first-order valence-corrected chi connectivity index (χ1v) is 7.89. The summed E-state index contributed by atoms with van der Waals surface area (Å²) in [7, 11) is 5.14. The van der Waals surface area contributed by atoms with E-state index in [4.69, 9.17) is 9.47 Å². The molecule has 5 heteroatoms. The van der Waals surface area contributed by atoms with Gasteiger partial charge in [-0.15, -0.1) is 0 Å². The lowest BCUT2D eigenvalue weighted by Crippen LogP contribution is -2.36. The average molecular weight is 327 g/mol. The van der Waals surface area contributed by atoms with Gasteiger partial charge < -0.3 is 20.1 Å². The Morgan fingerprint density at radius 1 is 0.833 bits per heavy atom. The second-order valence-corrected chi connectivity index (χ2v) is 5.38. The number of nitrogens with one attached hydrogen (secondary N) is 2. The van der Waals surface area contributed by atoms with E-state index in [0.717, 1.165) is 18.3 Å². The number of guanidine groups is 1. The standard InChI is InChI=1S/C19H25N3O2/c1-20-19(22-13-16-8-10-18(24-3)11-9-16)21-12-15-4-6-17(7-5-15)14-23-2/h4-11H,12-14H2,1-3H3,(H2,20,21,22). The molecule has 2 rings (SSSR count). The molecule has 0 saturated carbocycles. The molecule has 0 aliphatic heterocycles. The Kier molecular flexibility index (Phi) is 7.11. The molecule has 2 aromatic rings. The van der Waals surface area contributed by atoms with E-state index in [0.29, 0.717) is 13.2 Å². The molecule has 2 N–H and O–H groups in total. The van der Waals surface area contributed by atoms with Crippen LogP contribution >= 0.6 is 0 Å². The Morgan fingerprint density at radius 3 is 1.79 bits per heavy atom. The summed E-state index contributed by atoms with van der Waals surface area (Å²) in [6.45, 7) is 2.06. The largest absolute Gasteiger partial charge is 0.497 e. The van der Waals surface area contributed by atoms with Crippen LogP contribution in [0.4, 0.5) is 0 Å². The Bertz CT molecular complexity index is 637. The van der Waals surface area contributed by atoms with Crippen molar-refractivity contribution < 1.29 is 9.47 Å². The smallest absolute Gasteiger partial charge is 0.191 e. The van der Waals surface area contributed by atoms with Crippen molar-refractivity contribution in [3.63, 3.8) is 0 Å². The van der Waals surface area contributed by atoms with Crippen LogP contribution in [0.2, 0.25) is 0 Å². The molecule has 0 spiro atoms. The van der Waals surface area contributed by atoms with Crippen molar-refractivity contribution in [2.24, 2.45) is 4.99 Å². The van der Waals surface area contributed by atoms with Crippen molar-refractivity contribution >= 4 is 5.96 Å². The number of hydrogen-bond donors (Lipinski definition) is 2. The third-order valence-electron chi connectivity index (χ3n) is 3.64. The quantitative estimate of drug-likeness (QED) is 0.606. The number of methoxy groups -OCH3 is 2. The van der Waals surface area contributed by atoms with Gasteiger partial charge in [0.25, 0.3) is 0 Å². The first-order valence-electron chi connectivity index (χ1n) is 7.89. The SMILES string of the molecule is CN=C(NCc1ccc(COC)cc1)NCc1ccc(OC)cc1. The lowest BCUT2D eigenvalue weighted by molar-refractivity contribution is 0.185. The van der Waals surface area contributed by atoms with Crippen LogP contribution in [0.1, 0.15) is 16.7 Å². The first-order chi connectivity index (χ1) is 11.7. The summed E-state index contributed by atoms with van der Waals surface area (Å²) in [5.41, 5.74) is 3.54. The average Bonchev–Trinajstić information content (AvgIpc) is 2.64. The first kappa shape index (κ1) is 17.8. The summed E-state index contributed by atoms with van der Waals surface area (Å²) in [5, 5.41) is 6.62. The van der Waals surface area contributed by atoms with Gasteiger partial charge in [0, 0.05) is 27.2 Å². The molecule has 0 atom stereocenters. The van der Waals surface area contributed by atoms with Gasteiger partial charge in [-0.2, -0.15) is 0 Å². The highest BCUT2D eigenvalue weighted by Crippen LogP contribution is 2.11. The van der Waals surface area contributed by atoms with Crippen LogP contribution in [0, 0.1) is 0 Å². The molecule has 0 radical (unpaired) electrons. The van der Waals surface area contributed by atoms with Crippen molar-refractivity contribution in [3.05, 3.63) is 65.2 Å². The van der Waals surface area contributed by atoms with Gasteiger partial charge in [-0.1, -0.05) is 36.4 Å². The highest BCUT2D eigenvalue weighted by Gasteiger charge is 2.00. The van der Waals surface area contributed by atoms with Gasteiger partial charge in [-0.05, 0) is 28.8 Å². The fourth-order valence-electron chi connectivity index (χ4n) is 2.26. The van der Waals surface area contributed by atoms with E-state index >= 15 is 0 Å². The maximum absolute atomic E-state index is 5.16. The van der Waals surface area contributed by atoms with E-state index < -0.39 is 0 Å². The van der Waals surface area contributed by atoms with E-state index in [1.54, 1.807) is 21.3 Å². The molecule has 0 aliphatic carbocycles. The molecule has 0 saturated heterocycles. The number of aliphatic imine (C=N–C) groups is 1. The topological polar surface area (TPSA) is 54.9 Å². The summed E-state index contributed by atoms with van der Waals surface area (Å²) in [6, 6.07) is 16.3. The Hall–Kier alpha value is -2.53. The third-order valence-corrected chi connectivity index (χ3v) is 3.64. The van der Waals surface area contributed by atoms with E-state index in [-0.39, 0.29) is 0 Å². The van der Waals surface area contributed by atoms with Crippen LogP contribution in [0.25, 0.3) is 0 Å². The fourth-order valence-corrected chi connectivity index (χ4v) is 2.26. The van der Waals surface area contributed by atoms with Gasteiger partial charge in [0.1, 0.15) is 5.75 Å². The third kappa shape index (κ3) is 5.59. The van der Waals surface area contributed by atoms with Gasteiger partial charge in [0.2, 0.25) is 0 Å². The molecule has 2 aromatic carbocycles. The zero-order valence-electron chi connectivity index (χ0n) is 14.5. The maximum Gasteiger partial charge on any atom is 0.191 e. The van der Waals surface area contributed by atoms with Crippen molar-refractivity contribution in [1.82, 2.24) is 10.6 Å². The number of nitrogens with zero attached hydrogens (tertiary/aromatic N) is 1. The summed E-state index contributed by atoms with van der Waals surface area (Å²) in [6.07, 6.45) is 0. The molecule has 0 amide bonds. The van der Waals surface area contributed by atoms with Crippen LogP contribution in [-0.4, -0.2) is 27.2 Å². The molecule has 0 heterocycles. The van der Waals surface area contributed by atoms with E-state index in [9.17, 15) is 0 Å². The Balaban J connectivity index is 1.81. The van der Waals surface area contributed by atoms with Crippen LogP contribution in [0.3, 0.4) is 0 Å². The molecule has 0 aliphatic rings. The van der Waals surface area contributed by atoms with Gasteiger partial charge >= 0.3 is 0 Å². The normalized spacial score (nSPS) is 11.2. The highest BCUT2D eigenvalue weighted by molar-refractivity contribution is 5.79. The number of hydrogen-bond acceptors (Lipinski definition) is 3. The molecule has 0 unspecified atom stereocenters. The predicted octanol–water partition coefficient (Wildman–Crippen LogP) is 2.71. The number of rotatable bonds is 7. The molecular formula is C19H25N3O2.